The first-order valence-corrected chi connectivity index (χ1v) is 5.40. The van der Waals surface area contributed by atoms with Gasteiger partial charge in [0.25, 0.3) is 0 Å². The molecule has 1 unspecified atom stereocenters. The Kier molecular flexibility index (Phi) is 7.36. The molecule has 0 spiro atoms. The number of nitrogens with one attached hydrogen (secondary N) is 1. The van der Waals surface area contributed by atoms with E-state index >= 15 is 0 Å². The molecule has 0 saturated heterocycles. The molecule has 0 heterocycles. The van der Waals surface area contributed by atoms with Gasteiger partial charge in [-0.05, 0) is 13.7 Å². The van der Waals surface area contributed by atoms with Crippen molar-refractivity contribution in [1.29, 1.82) is 5.41 Å². The molecule has 11 heavy (non-hydrogen) atoms. The SMILES string of the molecule is CC(SP(=O)([O-])[O-])C(=N)N.[Na+]. The van der Waals surface area contributed by atoms with E-state index in [9.17, 15) is 14.4 Å². The maximum atomic E-state index is 10.0. The van der Waals surface area contributed by atoms with Gasteiger partial charge < -0.3 is 20.1 Å². The fraction of sp³-hybridized carbons (Fsp3) is 0.667. The molecule has 0 aromatic carbocycles. The fourth-order valence-corrected chi connectivity index (χ4v) is 2.25. The van der Waals surface area contributed by atoms with Crippen molar-refractivity contribution < 1.29 is 43.9 Å². The average molecular weight is 205 g/mol. The van der Waals surface area contributed by atoms with E-state index in [1.807, 2.05) is 0 Å². The second-order valence-electron chi connectivity index (χ2n) is 1.65. The molecule has 0 saturated carbocycles. The Morgan fingerprint density at radius 1 is 1.73 bits per heavy atom. The van der Waals surface area contributed by atoms with Crippen LogP contribution < -0.4 is 45.1 Å². The monoisotopic (exact) mass is 205 g/mol. The molecule has 0 aromatic rings. The molecule has 0 fully saturated rings. The van der Waals surface area contributed by atoms with Gasteiger partial charge in [-0.3, -0.25) is 5.41 Å². The maximum Gasteiger partial charge on any atom is 1.00 e. The summed E-state index contributed by atoms with van der Waals surface area (Å²) in [4.78, 5) is 20.1. The van der Waals surface area contributed by atoms with Crippen molar-refractivity contribution in [3.63, 3.8) is 0 Å². The molecule has 0 aliphatic carbocycles. The molecular weight excluding hydrogens is 198 g/mol. The second kappa shape index (κ2) is 5.59. The second-order valence-corrected chi connectivity index (χ2v) is 5.44. The van der Waals surface area contributed by atoms with Crippen LogP contribution in [0.15, 0.2) is 0 Å². The van der Waals surface area contributed by atoms with Crippen molar-refractivity contribution in [1.82, 2.24) is 0 Å². The average Bonchev–Trinajstić information content (AvgIpc) is 1.60. The molecule has 0 aliphatic heterocycles. The summed E-state index contributed by atoms with van der Waals surface area (Å²) >= 11 is 0.160. The van der Waals surface area contributed by atoms with E-state index in [0.717, 1.165) is 0 Å². The van der Waals surface area contributed by atoms with Crippen LogP contribution in [0.5, 0.6) is 0 Å². The van der Waals surface area contributed by atoms with Crippen molar-refractivity contribution in [2.75, 3.05) is 0 Å². The third kappa shape index (κ3) is 8.88. The Balaban J connectivity index is 0. The van der Waals surface area contributed by atoms with Crippen LogP contribution in [0.4, 0.5) is 0 Å². The van der Waals surface area contributed by atoms with Gasteiger partial charge in [0.15, 0.2) is 0 Å². The van der Waals surface area contributed by atoms with E-state index in [2.05, 4.69) is 0 Å². The van der Waals surface area contributed by atoms with Crippen LogP contribution in [0.25, 0.3) is 0 Å². The number of amidine groups is 1. The van der Waals surface area contributed by atoms with E-state index in [4.69, 9.17) is 11.1 Å². The molecule has 0 aromatic heterocycles. The van der Waals surface area contributed by atoms with Crippen LogP contribution in [0.1, 0.15) is 6.92 Å². The largest absolute Gasteiger partial charge is 1.00 e. The van der Waals surface area contributed by atoms with Gasteiger partial charge in [0, 0.05) is 0 Å². The molecule has 0 aliphatic rings. The molecular formula is C3H7N2NaO3PS-. The fourth-order valence-electron chi connectivity index (χ4n) is 0.250. The zero-order valence-corrected chi connectivity index (χ0v) is 9.95. The topological polar surface area (TPSA) is 113 Å². The molecule has 1 atom stereocenters. The Morgan fingerprint density at radius 2 is 2.09 bits per heavy atom. The number of hydrogen-bond acceptors (Lipinski definition) is 5. The summed E-state index contributed by atoms with van der Waals surface area (Å²) in [5, 5.41) is 5.99. The first-order chi connectivity index (χ1) is 4.33. The molecule has 0 radical (unpaired) electrons. The van der Waals surface area contributed by atoms with E-state index in [1.165, 1.54) is 6.92 Å². The Labute approximate surface area is 90.8 Å². The maximum absolute atomic E-state index is 10.0. The van der Waals surface area contributed by atoms with Crippen LogP contribution in [0, 0.1) is 5.41 Å². The molecule has 0 amide bonds. The van der Waals surface area contributed by atoms with Crippen molar-refractivity contribution >= 4 is 24.0 Å². The summed E-state index contributed by atoms with van der Waals surface area (Å²) in [6.45, 7) is -3.20. The standard InChI is InChI=1S/C3H9N2O3PS.Na/c1-2(3(4)5)10-9(6,7)8;/h2H,1H3,(H3,4,5)(H2,6,7,8);/q;+1/p-2. The number of hydrogen-bond donors (Lipinski definition) is 2. The van der Waals surface area contributed by atoms with Gasteiger partial charge in [0.05, 0.1) is 5.25 Å². The van der Waals surface area contributed by atoms with Crippen molar-refractivity contribution in [2.45, 2.75) is 12.2 Å². The minimum atomic E-state index is -4.58. The summed E-state index contributed by atoms with van der Waals surface area (Å²) in [5.41, 5.74) is 4.91. The summed E-state index contributed by atoms with van der Waals surface area (Å²) in [6, 6.07) is 0. The Hall–Kier alpha value is 0.970. The quantitative estimate of drug-likeness (QED) is 0.210. The number of nitrogens with two attached hydrogens (primary N) is 1. The van der Waals surface area contributed by atoms with Crippen LogP contribution in [-0.2, 0) is 4.57 Å². The van der Waals surface area contributed by atoms with Gasteiger partial charge >= 0.3 is 29.6 Å². The molecule has 0 bridgehead atoms. The van der Waals surface area contributed by atoms with Crippen molar-refractivity contribution in [2.24, 2.45) is 5.73 Å². The van der Waals surface area contributed by atoms with Gasteiger partial charge in [-0.15, -0.1) is 11.4 Å². The zero-order chi connectivity index (χ0) is 8.36. The third-order valence-corrected chi connectivity index (χ3v) is 3.28. The van der Waals surface area contributed by atoms with Crippen molar-refractivity contribution in [3.8, 4) is 0 Å². The van der Waals surface area contributed by atoms with E-state index in [-0.39, 0.29) is 46.8 Å². The smallest absolute Gasteiger partial charge is 0.803 e. The minimum absolute atomic E-state index is 0. The van der Waals surface area contributed by atoms with Gasteiger partial charge in [-0.1, -0.05) is 0 Å². The van der Waals surface area contributed by atoms with E-state index in [1.54, 1.807) is 0 Å². The summed E-state index contributed by atoms with van der Waals surface area (Å²) in [7, 11) is 0. The van der Waals surface area contributed by atoms with Crippen LogP contribution in [0.2, 0.25) is 0 Å². The normalized spacial score (nSPS) is 13.4. The zero-order valence-electron chi connectivity index (χ0n) is 6.23. The van der Waals surface area contributed by atoms with Crippen LogP contribution in [0.3, 0.4) is 0 Å². The van der Waals surface area contributed by atoms with Gasteiger partial charge in [0.2, 0.25) is 0 Å². The molecule has 8 heteroatoms. The van der Waals surface area contributed by atoms with Gasteiger partial charge in [-0.2, -0.15) is 0 Å². The van der Waals surface area contributed by atoms with Gasteiger partial charge in [-0.25, -0.2) is 0 Å². The molecule has 5 nitrogen and oxygen atoms in total. The Bertz CT molecular complexity index is 183. The van der Waals surface area contributed by atoms with Crippen LogP contribution >= 0.6 is 18.2 Å². The number of rotatable bonds is 3. The van der Waals surface area contributed by atoms with E-state index in [0.29, 0.717) is 0 Å². The first kappa shape index (κ1) is 14.5. The Morgan fingerprint density at radius 3 is 2.18 bits per heavy atom. The summed E-state index contributed by atoms with van der Waals surface area (Å²) in [6.07, 6.45) is 0. The van der Waals surface area contributed by atoms with Crippen LogP contribution in [-0.4, -0.2) is 11.1 Å². The molecule has 3 N–H and O–H groups in total. The third-order valence-electron chi connectivity index (χ3n) is 0.725. The van der Waals surface area contributed by atoms with E-state index < -0.39 is 12.0 Å². The molecule has 60 valence electrons. The summed E-state index contributed by atoms with van der Waals surface area (Å²) in [5.74, 6) is -0.308. The molecule has 0 rings (SSSR count). The predicted molar refractivity (Wildman–Crippen MR) is 36.6 cm³/mol. The first-order valence-electron chi connectivity index (χ1n) is 2.37. The minimum Gasteiger partial charge on any atom is -0.803 e. The van der Waals surface area contributed by atoms with Crippen molar-refractivity contribution in [3.05, 3.63) is 0 Å². The predicted octanol–water partition coefficient (Wildman–Crippen LogP) is -4.12. The summed E-state index contributed by atoms with van der Waals surface area (Å²) < 4.78 is 10.0. The van der Waals surface area contributed by atoms with Gasteiger partial charge in [0.1, 0.15) is 5.84 Å².